The first kappa shape index (κ1) is 16.3. The summed E-state index contributed by atoms with van der Waals surface area (Å²) in [5.41, 5.74) is 3.49. The van der Waals surface area contributed by atoms with Gasteiger partial charge in [0.15, 0.2) is 5.69 Å². The van der Waals surface area contributed by atoms with Crippen LogP contribution in [-0.2, 0) is 11.3 Å². The van der Waals surface area contributed by atoms with Crippen molar-refractivity contribution in [3.05, 3.63) is 71.0 Å². The van der Waals surface area contributed by atoms with Gasteiger partial charge in [-0.2, -0.15) is 0 Å². The van der Waals surface area contributed by atoms with Crippen molar-refractivity contribution in [2.75, 3.05) is 0 Å². The predicted molar refractivity (Wildman–Crippen MR) is 95.0 cm³/mol. The van der Waals surface area contributed by atoms with Crippen molar-refractivity contribution >= 4 is 17.3 Å². The summed E-state index contributed by atoms with van der Waals surface area (Å²) < 4.78 is 5.28. The Morgan fingerprint density at radius 2 is 2.00 bits per heavy atom. The van der Waals surface area contributed by atoms with Crippen molar-refractivity contribution in [1.82, 2.24) is 9.97 Å². The van der Waals surface area contributed by atoms with Crippen LogP contribution in [0.1, 0.15) is 41.4 Å². The molecule has 0 amide bonds. The van der Waals surface area contributed by atoms with Gasteiger partial charge in [0.2, 0.25) is 0 Å². The highest BCUT2D eigenvalue weighted by Crippen LogP contribution is 2.26. The Morgan fingerprint density at radius 3 is 2.67 bits per heavy atom. The van der Waals surface area contributed by atoms with Gasteiger partial charge < -0.3 is 4.74 Å². The van der Waals surface area contributed by atoms with Gasteiger partial charge in [0.25, 0.3) is 0 Å². The molecule has 3 rings (SSSR count). The summed E-state index contributed by atoms with van der Waals surface area (Å²) in [7, 11) is 0. The number of nitrogens with zero attached hydrogens (tertiary/aromatic N) is 2. The Labute approximate surface area is 145 Å². The molecule has 0 fully saturated rings. The maximum Gasteiger partial charge on any atom is 0.358 e. The van der Waals surface area contributed by atoms with Crippen molar-refractivity contribution in [2.24, 2.45) is 0 Å². The SMILES string of the molecule is CC(C)c1ccc(-c2nc(C(=O)OCc3cccnc3)cs2)cc1. The van der Waals surface area contributed by atoms with Gasteiger partial charge in [-0.25, -0.2) is 9.78 Å². The molecular weight excluding hydrogens is 320 g/mol. The van der Waals surface area contributed by atoms with Crippen LogP contribution in [0.15, 0.2) is 54.2 Å². The van der Waals surface area contributed by atoms with Gasteiger partial charge in [-0.1, -0.05) is 44.2 Å². The Kier molecular flexibility index (Phi) is 5.01. The van der Waals surface area contributed by atoms with Gasteiger partial charge in [0.1, 0.15) is 11.6 Å². The third-order valence-electron chi connectivity index (χ3n) is 3.63. The summed E-state index contributed by atoms with van der Waals surface area (Å²) in [6.07, 6.45) is 3.36. The first-order valence-electron chi connectivity index (χ1n) is 7.75. The Morgan fingerprint density at radius 1 is 1.21 bits per heavy atom. The van der Waals surface area contributed by atoms with Gasteiger partial charge >= 0.3 is 5.97 Å². The van der Waals surface area contributed by atoms with Crippen molar-refractivity contribution in [3.63, 3.8) is 0 Å². The summed E-state index contributed by atoms with van der Waals surface area (Å²) in [6.45, 7) is 4.52. The molecule has 0 aliphatic carbocycles. The molecule has 0 spiro atoms. The van der Waals surface area contributed by atoms with E-state index in [-0.39, 0.29) is 6.61 Å². The van der Waals surface area contributed by atoms with Crippen molar-refractivity contribution in [1.29, 1.82) is 0 Å². The van der Waals surface area contributed by atoms with Crippen LogP contribution in [0.4, 0.5) is 0 Å². The number of aromatic nitrogens is 2. The van der Waals surface area contributed by atoms with E-state index in [0.717, 1.165) is 16.1 Å². The zero-order chi connectivity index (χ0) is 16.9. The van der Waals surface area contributed by atoms with E-state index in [1.165, 1.54) is 16.9 Å². The van der Waals surface area contributed by atoms with Gasteiger partial charge in [0.05, 0.1) is 0 Å². The maximum atomic E-state index is 12.1. The average molecular weight is 338 g/mol. The van der Waals surface area contributed by atoms with E-state index in [1.807, 2.05) is 24.3 Å². The lowest BCUT2D eigenvalue weighted by Gasteiger charge is -2.05. The summed E-state index contributed by atoms with van der Waals surface area (Å²) in [4.78, 5) is 20.5. The minimum Gasteiger partial charge on any atom is -0.456 e. The fraction of sp³-hybridized carbons (Fsp3) is 0.211. The molecular formula is C19H18N2O2S. The third kappa shape index (κ3) is 3.86. The fourth-order valence-electron chi connectivity index (χ4n) is 2.22. The largest absolute Gasteiger partial charge is 0.456 e. The average Bonchev–Trinajstić information content (AvgIpc) is 3.11. The molecule has 0 saturated carbocycles. The number of rotatable bonds is 5. The minimum absolute atomic E-state index is 0.197. The predicted octanol–water partition coefficient (Wildman–Crippen LogP) is 4.69. The number of thiazole rings is 1. The molecule has 0 unspecified atom stereocenters. The first-order valence-corrected chi connectivity index (χ1v) is 8.63. The van der Waals surface area contributed by atoms with Gasteiger partial charge in [-0.05, 0) is 17.5 Å². The monoisotopic (exact) mass is 338 g/mol. The number of carbonyl (C=O) groups excluding carboxylic acids is 1. The standard InChI is InChI=1S/C19H18N2O2S/c1-13(2)15-5-7-16(8-6-15)18-21-17(12-24-18)19(22)23-11-14-4-3-9-20-10-14/h3-10,12-13H,11H2,1-2H3. The number of hydrogen-bond donors (Lipinski definition) is 0. The maximum absolute atomic E-state index is 12.1. The molecule has 2 heterocycles. The second kappa shape index (κ2) is 7.36. The molecule has 0 N–H and O–H groups in total. The normalized spacial score (nSPS) is 10.8. The number of carbonyl (C=O) groups is 1. The summed E-state index contributed by atoms with van der Waals surface area (Å²) in [5, 5.41) is 2.55. The van der Waals surface area contributed by atoms with Crippen LogP contribution in [0.5, 0.6) is 0 Å². The molecule has 2 aromatic heterocycles. The molecule has 0 aliphatic rings. The lowest BCUT2D eigenvalue weighted by atomic mass is 10.0. The van der Waals surface area contributed by atoms with E-state index in [0.29, 0.717) is 11.6 Å². The lowest BCUT2D eigenvalue weighted by Crippen LogP contribution is -2.05. The Hall–Kier alpha value is -2.53. The summed E-state index contributed by atoms with van der Waals surface area (Å²) >= 11 is 1.44. The molecule has 0 bridgehead atoms. The number of hydrogen-bond acceptors (Lipinski definition) is 5. The summed E-state index contributed by atoms with van der Waals surface area (Å²) in [5.74, 6) is 0.0773. The smallest absolute Gasteiger partial charge is 0.358 e. The van der Waals surface area contributed by atoms with E-state index in [2.05, 4.69) is 35.9 Å². The van der Waals surface area contributed by atoms with E-state index in [4.69, 9.17) is 4.74 Å². The first-order chi connectivity index (χ1) is 11.6. The molecule has 122 valence electrons. The minimum atomic E-state index is -0.417. The summed E-state index contributed by atoms with van der Waals surface area (Å²) in [6, 6.07) is 12.0. The molecule has 5 heteroatoms. The van der Waals surface area contributed by atoms with Crippen molar-refractivity contribution < 1.29 is 9.53 Å². The zero-order valence-electron chi connectivity index (χ0n) is 13.6. The molecule has 3 aromatic rings. The van der Waals surface area contributed by atoms with E-state index < -0.39 is 5.97 Å². The van der Waals surface area contributed by atoms with E-state index in [1.54, 1.807) is 17.8 Å². The van der Waals surface area contributed by atoms with Crippen LogP contribution in [0, 0.1) is 0 Å². The van der Waals surface area contributed by atoms with E-state index in [9.17, 15) is 4.79 Å². The van der Waals surface area contributed by atoms with Crippen LogP contribution >= 0.6 is 11.3 Å². The van der Waals surface area contributed by atoms with Crippen LogP contribution in [-0.4, -0.2) is 15.9 Å². The molecule has 1 aromatic carbocycles. The van der Waals surface area contributed by atoms with E-state index >= 15 is 0 Å². The highest BCUT2D eigenvalue weighted by molar-refractivity contribution is 7.13. The fourth-order valence-corrected chi connectivity index (χ4v) is 3.01. The Balaban J connectivity index is 1.67. The molecule has 4 nitrogen and oxygen atoms in total. The molecule has 24 heavy (non-hydrogen) atoms. The highest BCUT2D eigenvalue weighted by Gasteiger charge is 2.13. The molecule has 0 saturated heterocycles. The van der Waals surface area contributed by atoms with Crippen LogP contribution in [0.25, 0.3) is 10.6 Å². The molecule has 0 atom stereocenters. The van der Waals surface area contributed by atoms with Gasteiger partial charge in [-0.3, -0.25) is 4.98 Å². The van der Waals surface area contributed by atoms with Crippen LogP contribution in [0.2, 0.25) is 0 Å². The van der Waals surface area contributed by atoms with Gasteiger partial charge in [-0.15, -0.1) is 11.3 Å². The van der Waals surface area contributed by atoms with Crippen molar-refractivity contribution in [2.45, 2.75) is 26.4 Å². The highest BCUT2D eigenvalue weighted by atomic mass is 32.1. The number of pyridine rings is 1. The number of esters is 1. The lowest BCUT2D eigenvalue weighted by molar-refractivity contribution is 0.0466. The van der Waals surface area contributed by atoms with Gasteiger partial charge in [0, 0.05) is 28.9 Å². The molecule has 0 aliphatic heterocycles. The van der Waals surface area contributed by atoms with Crippen LogP contribution < -0.4 is 0 Å². The Bertz CT molecular complexity index is 811. The van der Waals surface area contributed by atoms with Crippen molar-refractivity contribution in [3.8, 4) is 10.6 Å². The molecule has 0 radical (unpaired) electrons. The second-order valence-corrected chi connectivity index (χ2v) is 6.61. The quantitative estimate of drug-likeness (QED) is 0.634. The topological polar surface area (TPSA) is 52.1 Å². The third-order valence-corrected chi connectivity index (χ3v) is 4.52. The van der Waals surface area contributed by atoms with Crippen LogP contribution in [0.3, 0.4) is 0 Å². The number of ether oxygens (including phenoxy) is 1. The zero-order valence-corrected chi connectivity index (χ0v) is 14.4. The second-order valence-electron chi connectivity index (χ2n) is 5.75. The number of benzene rings is 1.